The third-order valence-electron chi connectivity index (χ3n) is 3.62. The molecular weight excluding hydrogens is 266 g/mol. The summed E-state index contributed by atoms with van der Waals surface area (Å²) in [5.41, 5.74) is 7.01. The van der Waals surface area contributed by atoms with Gasteiger partial charge in [-0.05, 0) is 38.9 Å². The van der Waals surface area contributed by atoms with E-state index in [1.165, 1.54) is 0 Å². The molecule has 1 heterocycles. The van der Waals surface area contributed by atoms with Crippen molar-refractivity contribution in [1.29, 1.82) is 0 Å². The maximum atomic E-state index is 11.9. The lowest BCUT2D eigenvalue weighted by Crippen LogP contribution is -2.48. The minimum atomic E-state index is -0.0843. The second-order valence-corrected chi connectivity index (χ2v) is 6.12. The summed E-state index contributed by atoms with van der Waals surface area (Å²) in [6.07, 6.45) is 1.35. The number of para-hydroxylation sites is 2. The molecule has 5 heteroatoms. The van der Waals surface area contributed by atoms with E-state index in [4.69, 9.17) is 10.5 Å². The van der Waals surface area contributed by atoms with E-state index in [-0.39, 0.29) is 11.5 Å². The fourth-order valence-electron chi connectivity index (χ4n) is 2.59. The molecule has 0 saturated carbocycles. The van der Waals surface area contributed by atoms with Crippen molar-refractivity contribution in [2.24, 2.45) is 0 Å². The van der Waals surface area contributed by atoms with Gasteiger partial charge in [0.25, 0.3) is 0 Å². The van der Waals surface area contributed by atoms with Gasteiger partial charge in [-0.2, -0.15) is 0 Å². The van der Waals surface area contributed by atoms with E-state index in [2.05, 4.69) is 24.1 Å². The maximum Gasteiger partial charge on any atom is 0.224 e. The molecule has 0 unspecified atom stereocenters. The van der Waals surface area contributed by atoms with Crippen LogP contribution in [0, 0.1) is 0 Å². The van der Waals surface area contributed by atoms with E-state index in [1.807, 2.05) is 18.2 Å². The normalized spacial score (nSPS) is 18.4. The molecule has 0 bridgehead atoms. The fourth-order valence-corrected chi connectivity index (χ4v) is 2.59. The van der Waals surface area contributed by atoms with Crippen LogP contribution in [0.2, 0.25) is 0 Å². The maximum absolute atomic E-state index is 11.9. The first kappa shape index (κ1) is 15.8. The zero-order chi connectivity index (χ0) is 15.3. The molecule has 0 aliphatic carbocycles. The van der Waals surface area contributed by atoms with Crippen LogP contribution in [0.25, 0.3) is 0 Å². The minimum absolute atomic E-state index is 0.0143. The topological polar surface area (TPSA) is 67.6 Å². The van der Waals surface area contributed by atoms with Crippen molar-refractivity contribution in [3.8, 4) is 0 Å². The van der Waals surface area contributed by atoms with E-state index in [0.717, 1.165) is 32.7 Å². The van der Waals surface area contributed by atoms with Crippen LogP contribution < -0.4 is 11.1 Å². The number of hydrogen-bond acceptors (Lipinski definition) is 4. The largest absolute Gasteiger partial charge is 0.397 e. The Labute approximate surface area is 126 Å². The summed E-state index contributed by atoms with van der Waals surface area (Å²) in [5.74, 6) is 0.0143. The highest BCUT2D eigenvalue weighted by Crippen LogP contribution is 2.18. The van der Waals surface area contributed by atoms with Gasteiger partial charge in [-0.3, -0.25) is 9.69 Å². The second-order valence-electron chi connectivity index (χ2n) is 6.12. The molecule has 0 radical (unpaired) electrons. The molecule has 5 nitrogen and oxygen atoms in total. The molecule has 1 aliphatic rings. The Kier molecular flexibility index (Phi) is 5.20. The molecule has 21 heavy (non-hydrogen) atoms. The molecule has 3 N–H and O–H groups in total. The number of nitrogen functional groups attached to an aromatic ring is 1. The molecule has 1 saturated heterocycles. The van der Waals surface area contributed by atoms with Crippen LogP contribution >= 0.6 is 0 Å². The first-order chi connectivity index (χ1) is 9.96. The first-order valence-electron chi connectivity index (χ1n) is 7.47. The van der Waals surface area contributed by atoms with Crippen LogP contribution in [0.4, 0.5) is 11.4 Å². The molecule has 116 valence electrons. The molecule has 0 aromatic heterocycles. The van der Waals surface area contributed by atoms with Crippen molar-refractivity contribution in [3.05, 3.63) is 24.3 Å². The molecule has 0 spiro atoms. The van der Waals surface area contributed by atoms with E-state index in [1.54, 1.807) is 6.07 Å². The second kappa shape index (κ2) is 6.91. The van der Waals surface area contributed by atoms with Crippen molar-refractivity contribution in [1.82, 2.24) is 4.90 Å². The highest BCUT2D eigenvalue weighted by Gasteiger charge is 2.26. The molecule has 1 aliphatic heterocycles. The van der Waals surface area contributed by atoms with Crippen molar-refractivity contribution >= 4 is 17.3 Å². The summed E-state index contributed by atoms with van der Waals surface area (Å²) in [5, 5.41) is 2.86. The predicted molar refractivity (Wildman–Crippen MR) is 85.2 cm³/mol. The predicted octanol–water partition coefficient (Wildman–Crippen LogP) is 2.10. The standard InChI is InChI=1S/C16H25N3O2/c1-16(2)12-19(10-11-21-16)9-5-8-15(20)18-14-7-4-3-6-13(14)17/h3-4,6-7H,5,8-12,17H2,1-2H3,(H,18,20). The van der Waals surface area contributed by atoms with Gasteiger partial charge < -0.3 is 15.8 Å². The molecule has 0 atom stereocenters. The van der Waals surface area contributed by atoms with Crippen LogP contribution in [0.15, 0.2) is 24.3 Å². The summed E-state index contributed by atoms with van der Waals surface area (Å²) in [7, 11) is 0. The number of nitrogens with zero attached hydrogens (tertiary/aromatic N) is 1. The number of carbonyl (C=O) groups excluding carboxylic acids is 1. The number of nitrogens with two attached hydrogens (primary N) is 1. The van der Waals surface area contributed by atoms with Gasteiger partial charge in [0.05, 0.1) is 23.6 Å². The Morgan fingerprint density at radius 1 is 1.43 bits per heavy atom. The van der Waals surface area contributed by atoms with Gasteiger partial charge in [-0.1, -0.05) is 12.1 Å². The van der Waals surface area contributed by atoms with Gasteiger partial charge in [0.15, 0.2) is 0 Å². The quantitative estimate of drug-likeness (QED) is 0.815. The minimum Gasteiger partial charge on any atom is -0.397 e. The van der Waals surface area contributed by atoms with Crippen molar-refractivity contribution in [2.75, 3.05) is 37.3 Å². The highest BCUT2D eigenvalue weighted by molar-refractivity contribution is 5.93. The third kappa shape index (κ3) is 5.02. The summed E-state index contributed by atoms with van der Waals surface area (Å²) in [6, 6.07) is 7.32. The van der Waals surface area contributed by atoms with Gasteiger partial charge in [0.2, 0.25) is 5.91 Å². The van der Waals surface area contributed by atoms with E-state index >= 15 is 0 Å². The summed E-state index contributed by atoms with van der Waals surface area (Å²) in [6.45, 7) is 7.75. The van der Waals surface area contributed by atoms with Crippen LogP contribution in [0.3, 0.4) is 0 Å². The molecule has 2 rings (SSSR count). The molecule has 1 fully saturated rings. The number of rotatable bonds is 5. The number of nitrogens with one attached hydrogen (secondary N) is 1. The lowest BCUT2D eigenvalue weighted by Gasteiger charge is -2.38. The fraction of sp³-hybridized carbons (Fsp3) is 0.562. The Bertz CT molecular complexity index is 488. The average molecular weight is 291 g/mol. The molecule has 1 amide bonds. The Balaban J connectivity index is 1.71. The van der Waals surface area contributed by atoms with E-state index in [9.17, 15) is 4.79 Å². The average Bonchev–Trinajstić information content (AvgIpc) is 2.40. The van der Waals surface area contributed by atoms with Crippen LogP contribution in [-0.2, 0) is 9.53 Å². The monoisotopic (exact) mass is 291 g/mol. The van der Waals surface area contributed by atoms with Crippen LogP contribution in [0.5, 0.6) is 0 Å². The summed E-state index contributed by atoms with van der Waals surface area (Å²) in [4.78, 5) is 14.3. The van der Waals surface area contributed by atoms with Crippen molar-refractivity contribution < 1.29 is 9.53 Å². The summed E-state index contributed by atoms with van der Waals surface area (Å²) < 4.78 is 5.68. The van der Waals surface area contributed by atoms with Crippen LogP contribution in [0.1, 0.15) is 26.7 Å². The zero-order valence-electron chi connectivity index (χ0n) is 12.9. The van der Waals surface area contributed by atoms with E-state index < -0.39 is 0 Å². The summed E-state index contributed by atoms with van der Waals surface area (Å²) >= 11 is 0. The Morgan fingerprint density at radius 3 is 2.90 bits per heavy atom. The highest BCUT2D eigenvalue weighted by atomic mass is 16.5. The van der Waals surface area contributed by atoms with Crippen molar-refractivity contribution in [3.63, 3.8) is 0 Å². The first-order valence-corrected chi connectivity index (χ1v) is 7.47. The van der Waals surface area contributed by atoms with Gasteiger partial charge >= 0.3 is 0 Å². The van der Waals surface area contributed by atoms with Gasteiger partial charge in [0.1, 0.15) is 0 Å². The molecule has 1 aromatic carbocycles. The van der Waals surface area contributed by atoms with Crippen LogP contribution in [-0.4, -0.2) is 42.6 Å². The lowest BCUT2D eigenvalue weighted by atomic mass is 10.1. The van der Waals surface area contributed by atoms with Gasteiger partial charge in [-0.15, -0.1) is 0 Å². The number of hydrogen-bond donors (Lipinski definition) is 2. The number of benzene rings is 1. The van der Waals surface area contributed by atoms with Crippen molar-refractivity contribution in [2.45, 2.75) is 32.3 Å². The molecular formula is C16H25N3O2. The zero-order valence-corrected chi connectivity index (χ0v) is 12.9. The number of morpholine rings is 1. The van der Waals surface area contributed by atoms with Gasteiger partial charge in [-0.25, -0.2) is 0 Å². The Morgan fingerprint density at radius 2 is 2.19 bits per heavy atom. The third-order valence-corrected chi connectivity index (χ3v) is 3.62. The number of anilines is 2. The molecule has 1 aromatic rings. The van der Waals surface area contributed by atoms with Gasteiger partial charge in [0, 0.05) is 19.5 Å². The number of ether oxygens (including phenoxy) is 1. The number of amides is 1. The Hall–Kier alpha value is -1.59. The van der Waals surface area contributed by atoms with E-state index in [0.29, 0.717) is 17.8 Å². The lowest BCUT2D eigenvalue weighted by molar-refractivity contribution is -0.116. The smallest absolute Gasteiger partial charge is 0.224 e. The SMILES string of the molecule is CC1(C)CN(CCCC(=O)Nc2ccccc2N)CCO1. The number of carbonyl (C=O) groups is 1.